The summed E-state index contributed by atoms with van der Waals surface area (Å²) in [7, 11) is -3.45. The van der Waals surface area contributed by atoms with E-state index in [9.17, 15) is 8.42 Å². The third-order valence-electron chi connectivity index (χ3n) is 4.57. The fourth-order valence-corrected chi connectivity index (χ4v) is 4.72. The van der Waals surface area contributed by atoms with Crippen LogP contribution in [0.4, 0.5) is 0 Å². The largest absolute Gasteiger partial charge is 0.295 e. The molecule has 25 heavy (non-hydrogen) atoms. The van der Waals surface area contributed by atoms with Gasteiger partial charge in [-0.05, 0) is 43.1 Å². The fraction of sp³-hybridized carbons (Fsp3) is 0.368. The fourth-order valence-electron chi connectivity index (χ4n) is 3.26. The molecule has 0 aromatic heterocycles. The maximum atomic E-state index is 12.5. The number of sulfonamides is 1. The van der Waals surface area contributed by atoms with Crippen molar-refractivity contribution >= 4 is 21.6 Å². The lowest BCUT2D eigenvalue weighted by atomic mass is 10.1. The van der Waals surface area contributed by atoms with E-state index in [4.69, 9.17) is 11.6 Å². The van der Waals surface area contributed by atoms with Gasteiger partial charge in [-0.3, -0.25) is 4.90 Å². The molecule has 1 saturated heterocycles. The lowest BCUT2D eigenvalue weighted by Crippen LogP contribution is -2.37. The molecule has 2 aromatic carbocycles. The van der Waals surface area contributed by atoms with Crippen LogP contribution in [0.5, 0.6) is 0 Å². The summed E-state index contributed by atoms with van der Waals surface area (Å²) < 4.78 is 27.8. The Balaban J connectivity index is 1.71. The molecule has 0 saturated carbocycles. The molecule has 0 aliphatic carbocycles. The first-order chi connectivity index (χ1) is 12.1. The minimum Gasteiger partial charge on any atom is -0.295 e. The summed E-state index contributed by atoms with van der Waals surface area (Å²) in [5.41, 5.74) is 1.76. The molecule has 1 aliphatic rings. The minimum atomic E-state index is -3.45. The first-order valence-electron chi connectivity index (χ1n) is 8.55. The molecule has 1 N–H and O–H groups in total. The Labute approximate surface area is 154 Å². The van der Waals surface area contributed by atoms with Crippen molar-refractivity contribution < 1.29 is 8.42 Å². The van der Waals surface area contributed by atoms with Crippen molar-refractivity contribution in [3.05, 3.63) is 70.7 Å². The Bertz CT molecular complexity index is 790. The molecule has 134 valence electrons. The lowest BCUT2D eigenvalue weighted by Gasteiger charge is -2.28. The average molecular weight is 379 g/mol. The van der Waals surface area contributed by atoms with Crippen LogP contribution < -0.4 is 4.72 Å². The number of rotatable bonds is 7. The predicted octanol–water partition coefficient (Wildman–Crippen LogP) is 3.60. The average Bonchev–Trinajstić information content (AvgIpc) is 3.12. The highest BCUT2D eigenvalue weighted by Gasteiger charge is 2.25. The van der Waals surface area contributed by atoms with Gasteiger partial charge in [-0.25, -0.2) is 13.1 Å². The van der Waals surface area contributed by atoms with Crippen LogP contribution in [0, 0.1) is 0 Å². The van der Waals surface area contributed by atoms with E-state index in [0.29, 0.717) is 17.1 Å². The van der Waals surface area contributed by atoms with Crippen LogP contribution >= 0.6 is 11.6 Å². The van der Waals surface area contributed by atoms with Gasteiger partial charge in [0.2, 0.25) is 10.0 Å². The van der Waals surface area contributed by atoms with Crippen molar-refractivity contribution in [3.8, 4) is 0 Å². The van der Waals surface area contributed by atoms with E-state index in [2.05, 4.69) is 21.8 Å². The first kappa shape index (κ1) is 18.4. The second-order valence-electron chi connectivity index (χ2n) is 6.37. The van der Waals surface area contributed by atoms with Gasteiger partial charge in [-0.2, -0.15) is 0 Å². The molecule has 2 aromatic rings. The van der Waals surface area contributed by atoms with Gasteiger partial charge < -0.3 is 0 Å². The van der Waals surface area contributed by atoms with Crippen LogP contribution in [0.3, 0.4) is 0 Å². The molecule has 4 nitrogen and oxygen atoms in total. The zero-order valence-electron chi connectivity index (χ0n) is 14.1. The van der Waals surface area contributed by atoms with Crippen LogP contribution in [0.25, 0.3) is 0 Å². The molecule has 0 radical (unpaired) electrons. The molecular weight excluding hydrogens is 356 g/mol. The van der Waals surface area contributed by atoms with Crippen molar-refractivity contribution in [1.82, 2.24) is 9.62 Å². The number of hydrogen-bond acceptors (Lipinski definition) is 3. The number of nitrogens with one attached hydrogen (secondary N) is 1. The zero-order chi connectivity index (χ0) is 17.7. The van der Waals surface area contributed by atoms with E-state index >= 15 is 0 Å². The molecule has 0 bridgehead atoms. The number of nitrogens with zero attached hydrogens (tertiary/aromatic N) is 1. The number of hydrogen-bond donors (Lipinski definition) is 1. The highest BCUT2D eigenvalue weighted by atomic mass is 35.5. The third kappa shape index (κ3) is 5.05. The smallest absolute Gasteiger partial charge is 0.215 e. The summed E-state index contributed by atoms with van der Waals surface area (Å²) in [6.45, 7) is 2.38. The van der Waals surface area contributed by atoms with E-state index < -0.39 is 10.0 Å². The van der Waals surface area contributed by atoms with Gasteiger partial charge in [-0.15, -0.1) is 0 Å². The molecule has 1 heterocycles. The van der Waals surface area contributed by atoms with Gasteiger partial charge in [0.25, 0.3) is 0 Å². The Morgan fingerprint density at radius 2 is 1.64 bits per heavy atom. The Morgan fingerprint density at radius 1 is 1.00 bits per heavy atom. The Morgan fingerprint density at radius 3 is 2.32 bits per heavy atom. The molecule has 1 unspecified atom stereocenters. The molecule has 3 rings (SSSR count). The normalized spacial score (nSPS) is 16.8. The Hall–Kier alpha value is -1.40. The monoisotopic (exact) mass is 378 g/mol. The summed E-state index contributed by atoms with van der Waals surface area (Å²) >= 11 is 6.09. The molecule has 1 fully saturated rings. The maximum Gasteiger partial charge on any atom is 0.215 e. The standard InChI is InChI=1S/C19H23ClN2O2S/c20-18-11-5-4-10-17(18)15-25(23,24)21-14-19(22-12-6-7-13-22)16-8-2-1-3-9-16/h1-5,8-11,19,21H,6-7,12-15H2. The van der Waals surface area contributed by atoms with Gasteiger partial charge in [0.1, 0.15) is 0 Å². The molecule has 1 atom stereocenters. The van der Waals surface area contributed by atoms with Crippen molar-refractivity contribution in [2.45, 2.75) is 24.6 Å². The van der Waals surface area contributed by atoms with Crippen LogP contribution in [0.2, 0.25) is 5.02 Å². The van der Waals surface area contributed by atoms with E-state index in [1.807, 2.05) is 18.2 Å². The molecule has 0 amide bonds. The molecule has 0 spiro atoms. The van der Waals surface area contributed by atoms with Crippen LogP contribution in [0.15, 0.2) is 54.6 Å². The van der Waals surface area contributed by atoms with Crippen molar-refractivity contribution in [1.29, 1.82) is 0 Å². The van der Waals surface area contributed by atoms with E-state index in [1.54, 1.807) is 24.3 Å². The number of halogens is 1. The van der Waals surface area contributed by atoms with Crippen molar-refractivity contribution in [2.24, 2.45) is 0 Å². The second-order valence-corrected chi connectivity index (χ2v) is 8.58. The summed E-state index contributed by atoms with van der Waals surface area (Å²) in [6, 6.07) is 17.2. The van der Waals surface area contributed by atoms with Gasteiger partial charge in [0.05, 0.1) is 5.75 Å². The van der Waals surface area contributed by atoms with E-state index in [1.165, 1.54) is 0 Å². The maximum absolute atomic E-state index is 12.5. The van der Waals surface area contributed by atoms with E-state index in [0.717, 1.165) is 31.5 Å². The molecule has 1 aliphatic heterocycles. The van der Waals surface area contributed by atoms with E-state index in [-0.39, 0.29) is 11.8 Å². The van der Waals surface area contributed by atoms with Gasteiger partial charge in [-0.1, -0.05) is 60.1 Å². The highest BCUT2D eigenvalue weighted by molar-refractivity contribution is 7.88. The number of likely N-dealkylation sites (tertiary alicyclic amines) is 1. The zero-order valence-corrected chi connectivity index (χ0v) is 15.6. The van der Waals surface area contributed by atoms with Crippen LogP contribution in [-0.2, 0) is 15.8 Å². The second kappa shape index (κ2) is 8.32. The van der Waals surface area contributed by atoms with Gasteiger partial charge >= 0.3 is 0 Å². The first-order valence-corrected chi connectivity index (χ1v) is 10.6. The summed E-state index contributed by atoms with van der Waals surface area (Å²) in [5, 5.41) is 0.479. The molecular formula is C19H23ClN2O2S. The van der Waals surface area contributed by atoms with Crippen molar-refractivity contribution in [3.63, 3.8) is 0 Å². The summed E-state index contributed by atoms with van der Waals surface area (Å²) in [4.78, 5) is 2.35. The molecule has 6 heteroatoms. The van der Waals surface area contributed by atoms with Gasteiger partial charge in [0.15, 0.2) is 0 Å². The summed E-state index contributed by atoms with van der Waals surface area (Å²) in [5.74, 6) is -0.103. The predicted molar refractivity (Wildman–Crippen MR) is 102 cm³/mol. The summed E-state index contributed by atoms with van der Waals surface area (Å²) in [6.07, 6.45) is 2.32. The van der Waals surface area contributed by atoms with Crippen LogP contribution in [0.1, 0.15) is 30.0 Å². The lowest BCUT2D eigenvalue weighted by molar-refractivity contribution is 0.246. The minimum absolute atomic E-state index is 0.0599. The van der Waals surface area contributed by atoms with Crippen LogP contribution in [-0.4, -0.2) is 33.0 Å². The van der Waals surface area contributed by atoms with Crippen molar-refractivity contribution in [2.75, 3.05) is 19.6 Å². The Kier molecular flexibility index (Phi) is 6.12. The third-order valence-corrected chi connectivity index (χ3v) is 6.23. The highest BCUT2D eigenvalue weighted by Crippen LogP contribution is 2.25. The SMILES string of the molecule is O=S(=O)(Cc1ccccc1Cl)NCC(c1ccccc1)N1CCCC1. The number of benzene rings is 2. The van der Waals surface area contributed by atoms with Gasteiger partial charge in [0, 0.05) is 17.6 Å². The topological polar surface area (TPSA) is 49.4 Å². The quantitative estimate of drug-likeness (QED) is 0.800.